The summed E-state index contributed by atoms with van der Waals surface area (Å²) in [5.41, 5.74) is 5.01. The molecule has 7 rings (SSSR count). The normalized spacial score (nSPS) is 17.6. The van der Waals surface area contributed by atoms with Gasteiger partial charge in [-0.3, -0.25) is 29.5 Å². The van der Waals surface area contributed by atoms with E-state index in [4.69, 9.17) is 33.3 Å². The quantitative estimate of drug-likeness (QED) is 0.119. The number of amides is 1. The van der Waals surface area contributed by atoms with Gasteiger partial charge < -0.3 is 20.8 Å². The molecular formula is C35H34Cl2N8O4. The van der Waals surface area contributed by atoms with Crippen molar-refractivity contribution in [3.8, 4) is 11.1 Å². The van der Waals surface area contributed by atoms with Crippen LogP contribution in [0, 0.1) is 0 Å². The highest BCUT2D eigenvalue weighted by Crippen LogP contribution is 2.41. The van der Waals surface area contributed by atoms with Gasteiger partial charge in [0, 0.05) is 61.1 Å². The highest BCUT2D eigenvalue weighted by molar-refractivity contribution is 6.39. The Kier molecular flexibility index (Phi) is 9.48. The van der Waals surface area contributed by atoms with E-state index < -0.39 is 11.9 Å². The molecule has 0 spiro atoms. The zero-order valence-corrected chi connectivity index (χ0v) is 27.9. The van der Waals surface area contributed by atoms with E-state index in [0.29, 0.717) is 57.0 Å². The van der Waals surface area contributed by atoms with Gasteiger partial charge >= 0.3 is 5.97 Å². The number of likely N-dealkylation sites (tertiary alicyclic amines) is 1. The van der Waals surface area contributed by atoms with Gasteiger partial charge in [-0.15, -0.1) is 0 Å². The van der Waals surface area contributed by atoms with Crippen molar-refractivity contribution in [2.75, 3.05) is 30.3 Å². The summed E-state index contributed by atoms with van der Waals surface area (Å²) in [5.74, 6) is -0.831. The summed E-state index contributed by atoms with van der Waals surface area (Å²) in [5, 5.41) is 34.3. The lowest BCUT2D eigenvalue weighted by molar-refractivity contribution is -0.136. The first-order valence-corrected chi connectivity index (χ1v) is 16.8. The Balaban J connectivity index is 1.10. The summed E-state index contributed by atoms with van der Waals surface area (Å²) in [4.78, 5) is 35.9. The molecule has 2 aliphatic rings. The third-order valence-corrected chi connectivity index (χ3v) is 9.68. The van der Waals surface area contributed by atoms with E-state index in [0.717, 1.165) is 49.0 Å². The standard InChI is InChI=1S/C35H34Cl2N8O4/c36-31-23(4-1-6-26(31)41-34-33-21(9-11-38-34)14-20(16-40-33)18-44-13-10-22(46)19-44)24-5-2-7-27(32(24)37)42-35(49)28-15-29-25(39-17-30(47)48)8-3-12-45(29)43-28/h1-2,4-7,9,11,14-16,22,25,39,46H,3,8,10,12-13,17-19H2,(H,38,41)(H,42,49)(H,47,48)/t22-,25+/m1/s1. The van der Waals surface area contributed by atoms with Gasteiger partial charge in [-0.25, -0.2) is 4.98 Å². The summed E-state index contributed by atoms with van der Waals surface area (Å²) in [6.45, 7) is 2.70. The van der Waals surface area contributed by atoms with Crippen LogP contribution < -0.4 is 16.0 Å². The fourth-order valence-electron chi connectivity index (χ4n) is 6.50. The molecule has 2 aliphatic heterocycles. The van der Waals surface area contributed by atoms with Crippen molar-refractivity contribution in [2.45, 2.75) is 44.5 Å². The Labute approximate surface area is 292 Å². The molecule has 14 heteroatoms. The Morgan fingerprint density at radius 2 is 1.73 bits per heavy atom. The first kappa shape index (κ1) is 32.9. The lowest BCUT2D eigenvalue weighted by atomic mass is 10.0. The second-order valence-electron chi connectivity index (χ2n) is 12.3. The van der Waals surface area contributed by atoms with Crippen LogP contribution in [0.25, 0.3) is 22.0 Å². The molecule has 2 aromatic carbocycles. The van der Waals surface area contributed by atoms with Crippen molar-refractivity contribution in [3.05, 3.63) is 94.0 Å². The van der Waals surface area contributed by atoms with Crippen molar-refractivity contribution in [3.63, 3.8) is 0 Å². The highest BCUT2D eigenvalue weighted by Gasteiger charge is 2.26. The average Bonchev–Trinajstić information content (AvgIpc) is 3.72. The topological polar surface area (TPSA) is 158 Å². The molecule has 1 fully saturated rings. The minimum Gasteiger partial charge on any atom is -0.480 e. The molecule has 0 bridgehead atoms. The van der Waals surface area contributed by atoms with Gasteiger partial charge in [0.05, 0.1) is 39.8 Å². The number of fused-ring (bicyclic) bond motifs is 2. The average molecular weight is 702 g/mol. The number of hydrogen-bond donors (Lipinski definition) is 5. The first-order chi connectivity index (χ1) is 23.7. The number of rotatable bonds is 10. The van der Waals surface area contributed by atoms with Crippen LogP contribution in [-0.4, -0.2) is 72.5 Å². The molecule has 5 heterocycles. The highest BCUT2D eigenvalue weighted by atomic mass is 35.5. The van der Waals surface area contributed by atoms with Crippen LogP contribution in [0.3, 0.4) is 0 Å². The zero-order chi connectivity index (χ0) is 34.1. The van der Waals surface area contributed by atoms with Gasteiger partial charge in [0.15, 0.2) is 11.5 Å². The molecule has 2 atom stereocenters. The molecule has 5 aromatic rings. The number of pyridine rings is 2. The minimum atomic E-state index is -0.946. The molecule has 49 heavy (non-hydrogen) atoms. The molecule has 0 saturated carbocycles. The van der Waals surface area contributed by atoms with Gasteiger partial charge in [0.2, 0.25) is 0 Å². The Bertz CT molecular complexity index is 2050. The van der Waals surface area contributed by atoms with E-state index in [1.165, 1.54) is 0 Å². The van der Waals surface area contributed by atoms with Crippen molar-refractivity contribution < 1.29 is 19.8 Å². The van der Waals surface area contributed by atoms with Crippen LogP contribution in [0.4, 0.5) is 17.2 Å². The molecule has 12 nitrogen and oxygen atoms in total. The minimum absolute atomic E-state index is 0.179. The third kappa shape index (κ3) is 7.10. The number of hydrogen-bond acceptors (Lipinski definition) is 9. The first-order valence-electron chi connectivity index (χ1n) is 16.1. The fraction of sp³-hybridized carbons (Fsp3) is 0.286. The molecule has 0 unspecified atom stereocenters. The van der Waals surface area contributed by atoms with Crippen molar-refractivity contribution >= 4 is 63.2 Å². The molecule has 0 radical (unpaired) electrons. The summed E-state index contributed by atoms with van der Waals surface area (Å²) >= 11 is 13.9. The van der Waals surface area contributed by atoms with E-state index in [2.05, 4.69) is 37.0 Å². The molecular weight excluding hydrogens is 667 g/mol. The number of nitrogens with zero attached hydrogens (tertiary/aromatic N) is 5. The summed E-state index contributed by atoms with van der Waals surface area (Å²) in [7, 11) is 0. The molecule has 0 aliphatic carbocycles. The fourth-order valence-corrected chi connectivity index (χ4v) is 7.05. The van der Waals surface area contributed by atoms with Crippen molar-refractivity contribution in [1.82, 2.24) is 30.0 Å². The zero-order valence-electron chi connectivity index (χ0n) is 26.4. The van der Waals surface area contributed by atoms with E-state index in [9.17, 15) is 14.7 Å². The number of aryl methyl sites for hydroxylation is 1. The van der Waals surface area contributed by atoms with Crippen LogP contribution in [0.5, 0.6) is 0 Å². The van der Waals surface area contributed by atoms with E-state index >= 15 is 0 Å². The van der Waals surface area contributed by atoms with Crippen LogP contribution in [0.1, 0.15) is 47.1 Å². The van der Waals surface area contributed by atoms with Gasteiger partial charge in [0.25, 0.3) is 5.91 Å². The predicted molar refractivity (Wildman–Crippen MR) is 188 cm³/mol. The van der Waals surface area contributed by atoms with Crippen LogP contribution in [0.15, 0.2) is 67.0 Å². The smallest absolute Gasteiger partial charge is 0.317 e. The number of anilines is 3. The maximum Gasteiger partial charge on any atom is 0.317 e. The largest absolute Gasteiger partial charge is 0.480 e. The number of benzene rings is 2. The second kappa shape index (κ2) is 14.1. The summed E-state index contributed by atoms with van der Waals surface area (Å²) in [6, 6.07) is 16.4. The molecule has 5 N–H and O–H groups in total. The van der Waals surface area contributed by atoms with Crippen molar-refractivity contribution in [1.29, 1.82) is 0 Å². The molecule has 1 saturated heterocycles. The number of carboxylic acids is 1. The number of carboxylic acid groups (broad SMARTS) is 1. The summed E-state index contributed by atoms with van der Waals surface area (Å²) in [6.07, 6.45) is 5.64. The number of aliphatic hydroxyl groups excluding tert-OH is 1. The second-order valence-corrected chi connectivity index (χ2v) is 13.1. The predicted octanol–water partition coefficient (Wildman–Crippen LogP) is 5.87. The lowest BCUT2D eigenvalue weighted by Crippen LogP contribution is -2.31. The maximum absolute atomic E-state index is 13.3. The van der Waals surface area contributed by atoms with Crippen molar-refractivity contribution in [2.24, 2.45) is 0 Å². The van der Waals surface area contributed by atoms with Gasteiger partial charge in [-0.2, -0.15) is 5.10 Å². The number of halogens is 2. The third-order valence-electron chi connectivity index (χ3n) is 8.86. The number of aliphatic hydroxyl groups is 1. The molecule has 3 aromatic heterocycles. The number of nitrogens with one attached hydrogen (secondary N) is 3. The van der Waals surface area contributed by atoms with E-state index in [1.807, 2.05) is 36.5 Å². The monoisotopic (exact) mass is 700 g/mol. The van der Waals surface area contributed by atoms with Crippen LogP contribution >= 0.6 is 23.2 Å². The molecule has 252 valence electrons. The lowest BCUT2D eigenvalue weighted by Gasteiger charge is -2.23. The van der Waals surface area contributed by atoms with Gasteiger partial charge in [0.1, 0.15) is 5.52 Å². The number of aromatic nitrogens is 4. The van der Waals surface area contributed by atoms with Gasteiger partial charge in [-0.05, 0) is 55.2 Å². The Morgan fingerprint density at radius 3 is 2.49 bits per heavy atom. The van der Waals surface area contributed by atoms with Crippen LogP contribution in [0.2, 0.25) is 10.0 Å². The number of β-amino-alcohol motifs (C(OH)–C–C–N with tert-alkyl or cyclic N) is 1. The number of aliphatic carboxylic acids is 1. The Morgan fingerprint density at radius 1 is 0.959 bits per heavy atom. The SMILES string of the molecule is O=C(O)CN[C@H]1CCCn2nc(C(=O)Nc3cccc(-c4cccc(Nc5nccc6cc(CN7CC[C@@H](O)C7)cnc56)c4Cl)c3Cl)cc21. The Hall–Kier alpha value is -4.59. The number of carbonyl (C=O) groups is 2. The van der Waals surface area contributed by atoms with E-state index in [-0.39, 0.29) is 24.4 Å². The van der Waals surface area contributed by atoms with E-state index in [1.54, 1.807) is 29.1 Å². The molecule has 1 amide bonds. The van der Waals surface area contributed by atoms with Crippen LogP contribution in [-0.2, 0) is 17.9 Å². The maximum atomic E-state index is 13.3. The number of carbonyl (C=O) groups excluding carboxylic acids is 1. The van der Waals surface area contributed by atoms with Gasteiger partial charge in [-0.1, -0.05) is 47.5 Å². The summed E-state index contributed by atoms with van der Waals surface area (Å²) < 4.78 is 1.74.